The Bertz CT molecular complexity index is 752. The highest BCUT2D eigenvalue weighted by Crippen LogP contribution is 2.49. The lowest BCUT2D eigenvalue weighted by Gasteiger charge is -2.16. The first-order chi connectivity index (χ1) is 11.6. The average Bonchev–Trinajstić information content (AvgIpc) is 3.19. The van der Waals surface area contributed by atoms with E-state index in [1.807, 2.05) is 31.2 Å². The summed E-state index contributed by atoms with van der Waals surface area (Å²) < 4.78 is 22.9. The van der Waals surface area contributed by atoms with Crippen molar-refractivity contribution in [2.75, 3.05) is 18.6 Å². The van der Waals surface area contributed by atoms with Gasteiger partial charge in [0.2, 0.25) is 5.91 Å². The largest absolute Gasteiger partial charge is 0.481 e. The van der Waals surface area contributed by atoms with Gasteiger partial charge in [-0.25, -0.2) is 8.42 Å². The normalized spacial score (nSPS) is 16.9. The zero-order chi connectivity index (χ0) is 18.7. The van der Waals surface area contributed by atoms with Crippen LogP contribution in [0.1, 0.15) is 30.4 Å². The number of amides is 1. The number of carboxylic acid groups (broad SMARTS) is 1. The number of nitrogens with one attached hydrogen (secondary N) is 1. The van der Waals surface area contributed by atoms with E-state index in [0.717, 1.165) is 24.0 Å². The van der Waals surface area contributed by atoms with Crippen LogP contribution in [0.2, 0.25) is 0 Å². The van der Waals surface area contributed by atoms with Crippen LogP contribution in [0.5, 0.6) is 0 Å². The molecule has 0 radical (unpaired) electrons. The van der Waals surface area contributed by atoms with E-state index in [0.29, 0.717) is 6.42 Å². The van der Waals surface area contributed by atoms with E-state index in [1.54, 1.807) is 0 Å². The Morgan fingerprint density at radius 1 is 1.32 bits per heavy atom. The summed E-state index contributed by atoms with van der Waals surface area (Å²) in [5.74, 6) is -1.94. The molecule has 2 rings (SSSR count). The number of hydrogen-bond donors (Lipinski definition) is 2. The molecule has 1 amide bonds. The number of rotatable bonds is 9. The van der Waals surface area contributed by atoms with E-state index in [4.69, 9.17) is 0 Å². The second kappa shape index (κ2) is 7.56. The number of aryl methyl sites for hydroxylation is 1. The summed E-state index contributed by atoms with van der Waals surface area (Å²) in [6.45, 7) is 1.98. The van der Waals surface area contributed by atoms with Crippen molar-refractivity contribution in [3.63, 3.8) is 0 Å². The first-order valence-electron chi connectivity index (χ1n) is 8.31. The Labute approximate surface area is 148 Å². The van der Waals surface area contributed by atoms with Crippen LogP contribution in [0.25, 0.3) is 0 Å². The number of sulfone groups is 1. The molecule has 138 valence electrons. The molecule has 0 aromatic heterocycles. The van der Waals surface area contributed by atoms with Gasteiger partial charge in [-0.1, -0.05) is 29.8 Å². The van der Waals surface area contributed by atoms with Gasteiger partial charge in [0.1, 0.15) is 9.84 Å². The predicted octanol–water partition coefficient (Wildman–Crippen LogP) is 1.57. The predicted molar refractivity (Wildman–Crippen MR) is 95.0 cm³/mol. The van der Waals surface area contributed by atoms with Crippen LogP contribution in [0, 0.1) is 18.3 Å². The van der Waals surface area contributed by atoms with Gasteiger partial charge >= 0.3 is 5.97 Å². The fourth-order valence-electron chi connectivity index (χ4n) is 3.12. The second-order valence-electron chi connectivity index (χ2n) is 7.28. The molecule has 0 heterocycles. The van der Waals surface area contributed by atoms with Crippen molar-refractivity contribution in [1.82, 2.24) is 5.32 Å². The molecule has 1 fully saturated rings. The maximum atomic E-state index is 12.1. The summed E-state index contributed by atoms with van der Waals surface area (Å²) in [6, 6.07) is 7.63. The number of benzene rings is 1. The van der Waals surface area contributed by atoms with Crippen LogP contribution >= 0.6 is 0 Å². The van der Waals surface area contributed by atoms with Gasteiger partial charge in [-0.3, -0.25) is 9.59 Å². The van der Waals surface area contributed by atoms with E-state index in [9.17, 15) is 23.1 Å². The van der Waals surface area contributed by atoms with E-state index in [1.165, 1.54) is 6.26 Å². The summed E-state index contributed by atoms with van der Waals surface area (Å²) in [6.07, 6.45) is 3.09. The lowest BCUT2D eigenvalue weighted by Crippen LogP contribution is -2.36. The molecule has 2 N–H and O–H groups in total. The average molecular weight is 367 g/mol. The molecule has 6 nitrogen and oxygen atoms in total. The van der Waals surface area contributed by atoms with Crippen LogP contribution in [0.4, 0.5) is 0 Å². The van der Waals surface area contributed by atoms with Crippen molar-refractivity contribution in [2.24, 2.45) is 11.3 Å². The van der Waals surface area contributed by atoms with Gasteiger partial charge in [-0.15, -0.1) is 0 Å². The minimum absolute atomic E-state index is 0.0130. The van der Waals surface area contributed by atoms with Crippen molar-refractivity contribution in [1.29, 1.82) is 0 Å². The highest BCUT2D eigenvalue weighted by atomic mass is 32.2. The fourth-order valence-corrected chi connectivity index (χ4v) is 4.62. The highest BCUT2D eigenvalue weighted by Gasteiger charge is 2.46. The Balaban J connectivity index is 1.88. The SMILES string of the molecule is Cc1cccc(CC(CNC(=O)CC2(CS(C)(=O)=O)CC2)C(=O)O)c1. The molecular formula is C18H25NO5S. The van der Waals surface area contributed by atoms with Crippen LogP contribution in [-0.2, 0) is 25.8 Å². The number of carbonyl (C=O) groups is 2. The fraction of sp³-hybridized carbons (Fsp3) is 0.556. The zero-order valence-corrected chi connectivity index (χ0v) is 15.4. The summed E-state index contributed by atoms with van der Waals surface area (Å²) >= 11 is 0. The van der Waals surface area contributed by atoms with Gasteiger partial charge in [0.15, 0.2) is 0 Å². The van der Waals surface area contributed by atoms with Crippen LogP contribution in [0.3, 0.4) is 0 Å². The quantitative estimate of drug-likeness (QED) is 0.690. The Hall–Kier alpha value is -1.89. The van der Waals surface area contributed by atoms with Gasteiger partial charge in [-0.05, 0) is 37.2 Å². The first kappa shape index (κ1) is 19.4. The molecule has 1 aliphatic carbocycles. The molecule has 1 aromatic carbocycles. The Morgan fingerprint density at radius 3 is 2.52 bits per heavy atom. The highest BCUT2D eigenvalue weighted by molar-refractivity contribution is 7.90. The van der Waals surface area contributed by atoms with Gasteiger partial charge in [0, 0.05) is 19.2 Å². The molecule has 0 bridgehead atoms. The summed E-state index contributed by atoms with van der Waals surface area (Å²) in [4.78, 5) is 23.6. The summed E-state index contributed by atoms with van der Waals surface area (Å²) in [7, 11) is -3.13. The summed E-state index contributed by atoms with van der Waals surface area (Å²) in [5.41, 5.74) is 1.52. The molecule has 7 heteroatoms. The molecule has 1 atom stereocenters. The molecule has 1 unspecified atom stereocenters. The van der Waals surface area contributed by atoms with Gasteiger partial charge in [-0.2, -0.15) is 0 Å². The third kappa shape index (κ3) is 6.49. The number of carboxylic acids is 1. The number of carbonyl (C=O) groups excluding carboxylic acids is 1. The molecular weight excluding hydrogens is 342 g/mol. The second-order valence-corrected chi connectivity index (χ2v) is 9.42. The number of hydrogen-bond acceptors (Lipinski definition) is 4. The standard InChI is InChI=1S/C18H25NO5S/c1-13-4-3-5-14(8-13)9-15(17(21)22)11-19-16(20)10-18(6-7-18)12-25(2,23)24/h3-5,8,15H,6-7,9-12H2,1-2H3,(H,19,20)(H,21,22). The van der Waals surface area contributed by atoms with Crippen molar-refractivity contribution in [3.05, 3.63) is 35.4 Å². The lowest BCUT2D eigenvalue weighted by atomic mass is 9.98. The van der Waals surface area contributed by atoms with Gasteiger partial charge < -0.3 is 10.4 Å². The van der Waals surface area contributed by atoms with Crippen molar-refractivity contribution in [2.45, 2.75) is 32.6 Å². The van der Waals surface area contributed by atoms with E-state index < -0.39 is 27.1 Å². The van der Waals surface area contributed by atoms with E-state index >= 15 is 0 Å². The minimum atomic E-state index is -3.13. The Kier molecular flexibility index (Phi) is 5.87. The molecule has 0 spiro atoms. The monoisotopic (exact) mass is 367 g/mol. The maximum absolute atomic E-state index is 12.1. The third-order valence-electron chi connectivity index (χ3n) is 4.52. The molecule has 0 saturated heterocycles. The van der Waals surface area contributed by atoms with Crippen molar-refractivity contribution in [3.8, 4) is 0 Å². The molecule has 1 aromatic rings. The molecule has 1 saturated carbocycles. The van der Waals surface area contributed by atoms with Crippen LogP contribution < -0.4 is 5.32 Å². The van der Waals surface area contributed by atoms with Crippen molar-refractivity contribution < 1.29 is 23.1 Å². The summed E-state index contributed by atoms with van der Waals surface area (Å²) in [5, 5.41) is 12.1. The van der Waals surface area contributed by atoms with Crippen LogP contribution in [0.15, 0.2) is 24.3 Å². The van der Waals surface area contributed by atoms with E-state index in [-0.39, 0.29) is 24.6 Å². The smallest absolute Gasteiger partial charge is 0.308 e. The van der Waals surface area contributed by atoms with E-state index in [2.05, 4.69) is 5.32 Å². The minimum Gasteiger partial charge on any atom is -0.481 e. The number of aliphatic carboxylic acids is 1. The third-order valence-corrected chi connectivity index (χ3v) is 5.66. The zero-order valence-electron chi connectivity index (χ0n) is 14.6. The molecule has 0 aliphatic heterocycles. The Morgan fingerprint density at radius 2 is 2.00 bits per heavy atom. The molecule has 1 aliphatic rings. The van der Waals surface area contributed by atoms with Crippen LogP contribution in [-0.4, -0.2) is 44.0 Å². The first-order valence-corrected chi connectivity index (χ1v) is 10.4. The van der Waals surface area contributed by atoms with Gasteiger partial charge in [0.25, 0.3) is 0 Å². The van der Waals surface area contributed by atoms with Gasteiger partial charge in [0.05, 0.1) is 11.7 Å². The maximum Gasteiger partial charge on any atom is 0.308 e. The topological polar surface area (TPSA) is 101 Å². The molecule has 25 heavy (non-hydrogen) atoms. The lowest BCUT2D eigenvalue weighted by molar-refractivity contribution is -0.141. The van der Waals surface area contributed by atoms with Crippen molar-refractivity contribution >= 4 is 21.7 Å².